The van der Waals surface area contributed by atoms with E-state index in [4.69, 9.17) is 15.2 Å². The molecule has 0 radical (unpaired) electrons. The maximum Gasteiger partial charge on any atom is 0.248 e. The van der Waals surface area contributed by atoms with Crippen LogP contribution in [-0.2, 0) is 6.54 Å². The number of rotatable bonds is 9. The van der Waals surface area contributed by atoms with E-state index in [2.05, 4.69) is 15.6 Å². The Bertz CT molecular complexity index is 743. The number of guanidine groups is 1. The molecule has 27 heavy (non-hydrogen) atoms. The molecule has 0 spiro atoms. The van der Waals surface area contributed by atoms with Crippen molar-refractivity contribution < 1.29 is 14.3 Å². The molecular formula is C20H26N4O3. The van der Waals surface area contributed by atoms with Gasteiger partial charge in [0, 0.05) is 12.1 Å². The molecule has 4 N–H and O–H groups in total. The molecule has 1 amide bonds. The van der Waals surface area contributed by atoms with Crippen molar-refractivity contribution in [3.05, 3.63) is 59.7 Å². The Morgan fingerprint density at radius 1 is 1.04 bits per heavy atom. The van der Waals surface area contributed by atoms with E-state index < -0.39 is 5.91 Å². The molecule has 0 saturated heterocycles. The van der Waals surface area contributed by atoms with Crippen LogP contribution in [0.2, 0.25) is 0 Å². The molecule has 0 aromatic heterocycles. The van der Waals surface area contributed by atoms with E-state index in [1.54, 1.807) is 19.2 Å². The van der Waals surface area contributed by atoms with Crippen LogP contribution in [-0.4, -0.2) is 38.7 Å². The van der Waals surface area contributed by atoms with Crippen molar-refractivity contribution in [3.63, 3.8) is 0 Å². The van der Waals surface area contributed by atoms with Crippen LogP contribution < -0.4 is 25.8 Å². The first-order valence-electron chi connectivity index (χ1n) is 8.80. The quantitative estimate of drug-likeness (QED) is 0.356. The molecule has 7 heteroatoms. The third kappa shape index (κ3) is 6.89. The average molecular weight is 370 g/mol. The van der Waals surface area contributed by atoms with Crippen molar-refractivity contribution in [1.82, 2.24) is 10.6 Å². The summed E-state index contributed by atoms with van der Waals surface area (Å²) in [5.74, 6) is 1.85. The van der Waals surface area contributed by atoms with Crippen LogP contribution in [0.4, 0.5) is 0 Å². The van der Waals surface area contributed by atoms with Gasteiger partial charge in [-0.3, -0.25) is 4.79 Å². The minimum Gasteiger partial charge on any atom is -0.497 e. The first-order chi connectivity index (χ1) is 13.1. The summed E-state index contributed by atoms with van der Waals surface area (Å²) < 4.78 is 10.8. The van der Waals surface area contributed by atoms with E-state index >= 15 is 0 Å². The van der Waals surface area contributed by atoms with E-state index in [-0.39, 0.29) is 0 Å². The van der Waals surface area contributed by atoms with Crippen LogP contribution in [0.1, 0.15) is 22.8 Å². The monoisotopic (exact) mass is 370 g/mol. The number of amides is 1. The summed E-state index contributed by atoms with van der Waals surface area (Å²) in [5.41, 5.74) is 6.73. The zero-order chi connectivity index (χ0) is 19.5. The lowest BCUT2D eigenvalue weighted by atomic mass is 10.1. The Balaban J connectivity index is 1.81. The Morgan fingerprint density at radius 2 is 1.70 bits per heavy atom. The largest absolute Gasteiger partial charge is 0.497 e. The molecule has 0 unspecified atom stereocenters. The zero-order valence-electron chi connectivity index (χ0n) is 15.7. The van der Waals surface area contributed by atoms with Crippen LogP contribution >= 0.6 is 0 Å². The van der Waals surface area contributed by atoms with Gasteiger partial charge in [-0.25, -0.2) is 4.99 Å². The first-order valence-corrected chi connectivity index (χ1v) is 8.80. The highest BCUT2D eigenvalue weighted by molar-refractivity contribution is 5.92. The predicted octanol–water partition coefficient (Wildman–Crippen LogP) is 1.93. The number of hydrogen-bond donors (Lipinski definition) is 3. The number of methoxy groups -OCH3 is 1. The molecule has 0 fully saturated rings. The number of aliphatic imine (C=N–C) groups is 1. The molecule has 0 saturated carbocycles. The number of benzene rings is 2. The molecule has 2 aromatic rings. The number of carbonyl (C=O) groups is 1. The maximum atomic E-state index is 11.1. The van der Waals surface area contributed by atoms with Crippen LogP contribution in [0.3, 0.4) is 0 Å². The smallest absolute Gasteiger partial charge is 0.248 e. The normalized spacial score (nSPS) is 11.0. The fourth-order valence-electron chi connectivity index (χ4n) is 2.30. The fraction of sp³-hybridized carbons (Fsp3) is 0.300. The second-order valence-corrected chi connectivity index (χ2v) is 5.71. The Hall–Kier alpha value is -3.22. The SMILES string of the molecule is CCNC(=NCc1ccc(C(N)=O)cc1)NCCOc1ccc(OC)cc1. The van der Waals surface area contributed by atoms with Crippen LogP contribution in [0.15, 0.2) is 53.5 Å². The highest BCUT2D eigenvalue weighted by Gasteiger charge is 2.01. The van der Waals surface area contributed by atoms with E-state index in [0.29, 0.717) is 31.2 Å². The first kappa shape index (κ1) is 20.1. The lowest BCUT2D eigenvalue weighted by molar-refractivity contribution is 0.100. The number of carbonyl (C=O) groups excluding carboxylic acids is 1. The van der Waals surface area contributed by atoms with Crippen molar-refractivity contribution in [1.29, 1.82) is 0 Å². The minimum absolute atomic E-state index is 0.433. The molecule has 0 aliphatic heterocycles. The van der Waals surface area contributed by atoms with E-state index in [9.17, 15) is 4.79 Å². The number of ether oxygens (including phenoxy) is 2. The molecule has 0 bridgehead atoms. The second kappa shape index (κ2) is 10.7. The molecule has 0 atom stereocenters. The minimum atomic E-state index is -0.433. The Morgan fingerprint density at radius 3 is 2.30 bits per heavy atom. The van der Waals surface area contributed by atoms with Gasteiger partial charge >= 0.3 is 0 Å². The van der Waals surface area contributed by atoms with Gasteiger partial charge in [-0.05, 0) is 48.9 Å². The van der Waals surface area contributed by atoms with Crippen LogP contribution in [0.5, 0.6) is 11.5 Å². The molecule has 0 aliphatic rings. The van der Waals surface area contributed by atoms with Crippen molar-refractivity contribution in [2.24, 2.45) is 10.7 Å². The topological polar surface area (TPSA) is 98.0 Å². The van der Waals surface area contributed by atoms with Gasteiger partial charge < -0.3 is 25.8 Å². The van der Waals surface area contributed by atoms with Gasteiger partial charge in [-0.2, -0.15) is 0 Å². The van der Waals surface area contributed by atoms with Gasteiger partial charge in [0.25, 0.3) is 0 Å². The fourth-order valence-corrected chi connectivity index (χ4v) is 2.30. The molecule has 144 valence electrons. The number of nitrogens with one attached hydrogen (secondary N) is 2. The predicted molar refractivity (Wildman–Crippen MR) is 106 cm³/mol. The highest BCUT2D eigenvalue weighted by atomic mass is 16.5. The number of primary amides is 1. The lowest BCUT2D eigenvalue weighted by Crippen LogP contribution is -2.39. The van der Waals surface area contributed by atoms with Gasteiger partial charge in [-0.1, -0.05) is 12.1 Å². The number of hydrogen-bond acceptors (Lipinski definition) is 4. The third-order valence-corrected chi connectivity index (χ3v) is 3.73. The van der Waals surface area contributed by atoms with Crippen LogP contribution in [0.25, 0.3) is 0 Å². The van der Waals surface area contributed by atoms with Gasteiger partial charge in [0.15, 0.2) is 5.96 Å². The lowest BCUT2D eigenvalue weighted by Gasteiger charge is -2.12. The van der Waals surface area contributed by atoms with E-state index in [0.717, 1.165) is 23.6 Å². The van der Waals surface area contributed by atoms with Crippen molar-refractivity contribution in [2.45, 2.75) is 13.5 Å². The van der Waals surface area contributed by atoms with E-state index in [1.165, 1.54) is 0 Å². The maximum absolute atomic E-state index is 11.1. The standard InChI is InChI=1S/C20H26N4O3/c1-3-22-20(24-14-15-4-6-16(7-5-15)19(21)25)23-12-13-27-18-10-8-17(26-2)9-11-18/h4-11H,3,12-14H2,1-2H3,(H2,21,25)(H2,22,23,24). The van der Waals surface area contributed by atoms with Gasteiger partial charge in [-0.15, -0.1) is 0 Å². The molecular weight excluding hydrogens is 344 g/mol. The van der Waals surface area contributed by atoms with Crippen LogP contribution in [0, 0.1) is 0 Å². The summed E-state index contributed by atoms with van der Waals surface area (Å²) in [6.07, 6.45) is 0. The van der Waals surface area contributed by atoms with Gasteiger partial charge in [0.1, 0.15) is 18.1 Å². The van der Waals surface area contributed by atoms with Gasteiger partial charge in [0.05, 0.1) is 20.2 Å². The van der Waals surface area contributed by atoms with Crippen molar-refractivity contribution in [3.8, 4) is 11.5 Å². The molecule has 0 heterocycles. The number of nitrogens with zero attached hydrogens (tertiary/aromatic N) is 1. The molecule has 7 nitrogen and oxygen atoms in total. The van der Waals surface area contributed by atoms with E-state index in [1.807, 2.05) is 43.3 Å². The Kier molecular flexibility index (Phi) is 7.96. The van der Waals surface area contributed by atoms with Gasteiger partial charge in [0.2, 0.25) is 5.91 Å². The summed E-state index contributed by atoms with van der Waals surface area (Å²) in [6.45, 7) is 4.37. The second-order valence-electron chi connectivity index (χ2n) is 5.71. The Labute approximate surface area is 159 Å². The summed E-state index contributed by atoms with van der Waals surface area (Å²) in [4.78, 5) is 15.6. The summed E-state index contributed by atoms with van der Waals surface area (Å²) in [5, 5.41) is 6.42. The highest BCUT2D eigenvalue weighted by Crippen LogP contribution is 2.16. The number of nitrogens with two attached hydrogens (primary N) is 1. The zero-order valence-corrected chi connectivity index (χ0v) is 15.7. The molecule has 2 aromatic carbocycles. The van der Waals surface area contributed by atoms with Crippen molar-refractivity contribution in [2.75, 3.05) is 26.8 Å². The summed E-state index contributed by atoms with van der Waals surface area (Å²) in [7, 11) is 1.63. The third-order valence-electron chi connectivity index (χ3n) is 3.73. The van der Waals surface area contributed by atoms with Crippen molar-refractivity contribution >= 4 is 11.9 Å². The summed E-state index contributed by atoms with van der Waals surface area (Å²) >= 11 is 0. The molecule has 2 rings (SSSR count). The average Bonchev–Trinajstić information content (AvgIpc) is 2.70. The summed E-state index contributed by atoms with van der Waals surface area (Å²) in [6, 6.07) is 14.6. The molecule has 0 aliphatic carbocycles.